The number of nitrogens with one attached hydrogen (secondary N) is 3. The van der Waals surface area contributed by atoms with Crippen LogP contribution in [0.1, 0.15) is 26.7 Å². The summed E-state index contributed by atoms with van der Waals surface area (Å²) in [5.74, 6) is 2.94. The Morgan fingerprint density at radius 2 is 1.81 bits per heavy atom. The maximum absolute atomic E-state index is 4.97. The average Bonchev–Trinajstić information content (AvgIpc) is 3.62. The molecular weight excluding hydrogens is 420 g/mol. The summed E-state index contributed by atoms with van der Waals surface area (Å²) < 4.78 is 0. The largest absolute Gasteiger partial charge is 0.368 e. The van der Waals surface area contributed by atoms with Crippen LogP contribution in [0.25, 0.3) is 11.0 Å². The number of anilines is 4. The Balaban J connectivity index is 1.59. The number of thioether (sulfide) groups is 1. The fourth-order valence-electron chi connectivity index (χ4n) is 4.22. The van der Waals surface area contributed by atoms with Crippen molar-refractivity contribution in [1.82, 2.24) is 25.3 Å². The van der Waals surface area contributed by atoms with Gasteiger partial charge in [-0.2, -0.15) is 4.98 Å². The van der Waals surface area contributed by atoms with Gasteiger partial charge in [0.2, 0.25) is 5.95 Å². The standard InChI is InChI=1S/C23H30N8S/c1-14-11-31(12-15(2)27-14)23-29-20-19(25-13-26-21(20)24-10-16-8-9-16)22(30-23)28-17-6-4-5-7-18(17)32-3/h4-7,13-16,27H,8-12H2,1-3H3,(H,24,25,26)(H,28,29,30)/t14-,15+. The highest BCUT2D eigenvalue weighted by Crippen LogP contribution is 2.33. The third-order valence-corrected chi connectivity index (χ3v) is 6.72. The van der Waals surface area contributed by atoms with Crippen molar-refractivity contribution in [2.24, 2.45) is 5.92 Å². The molecule has 5 rings (SSSR count). The molecule has 0 spiro atoms. The number of rotatable bonds is 7. The molecule has 0 amide bonds. The summed E-state index contributed by atoms with van der Waals surface area (Å²) in [6.07, 6.45) is 6.24. The van der Waals surface area contributed by atoms with Crippen molar-refractivity contribution in [3.05, 3.63) is 30.6 Å². The predicted octanol–water partition coefficient (Wildman–Crippen LogP) is 3.89. The second-order valence-electron chi connectivity index (χ2n) is 8.82. The quantitative estimate of drug-likeness (QED) is 0.464. The van der Waals surface area contributed by atoms with Crippen molar-refractivity contribution >= 4 is 46.1 Å². The normalized spacial score (nSPS) is 21.0. The summed E-state index contributed by atoms with van der Waals surface area (Å²) in [5, 5.41) is 10.6. The Hall–Kier alpha value is -2.65. The summed E-state index contributed by atoms with van der Waals surface area (Å²) in [6.45, 7) is 7.03. The molecule has 3 N–H and O–H groups in total. The summed E-state index contributed by atoms with van der Waals surface area (Å²) >= 11 is 1.70. The molecule has 1 saturated carbocycles. The Morgan fingerprint density at radius 3 is 2.56 bits per heavy atom. The Morgan fingerprint density at radius 1 is 1.03 bits per heavy atom. The zero-order chi connectivity index (χ0) is 22.1. The van der Waals surface area contributed by atoms with Gasteiger partial charge in [-0.15, -0.1) is 11.8 Å². The fourth-order valence-corrected chi connectivity index (χ4v) is 4.78. The van der Waals surface area contributed by atoms with E-state index in [0.717, 1.165) is 53.0 Å². The van der Waals surface area contributed by atoms with E-state index in [2.05, 4.69) is 63.1 Å². The highest BCUT2D eigenvalue weighted by atomic mass is 32.2. The van der Waals surface area contributed by atoms with E-state index in [1.54, 1.807) is 18.1 Å². The molecule has 3 aromatic rings. The zero-order valence-corrected chi connectivity index (χ0v) is 19.6. The highest BCUT2D eigenvalue weighted by Gasteiger charge is 2.26. The Labute approximate surface area is 193 Å². The van der Waals surface area contributed by atoms with Crippen LogP contribution in [0.5, 0.6) is 0 Å². The van der Waals surface area contributed by atoms with Crippen LogP contribution in [-0.4, -0.2) is 57.9 Å². The third kappa shape index (κ3) is 4.59. The van der Waals surface area contributed by atoms with Crippen molar-refractivity contribution in [2.75, 3.05) is 41.4 Å². The van der Waals surface area contributed by atoms with Crippen LogP contribution < -0.4 is 20.9 Å². The van der Waals surface area contributed by atoms with E-state index in [4.69, 9.17) is 9.97 Å². The molecule has 1 aromatic carbocycles. The number of benzene rings is 1. The van der Waals surface area contributed by atoms with Gasteiger partial charge in [-0.05, 0) is 51.0 Å². The zero-order valence-electron chi connectivity index (χ0n) is 18.8. The van der Waals surface area contributed by atoms with Gasteiger partial charge in [-0.3, -0.25) is 0 Å². The first-order valence-corrected chi connectivity index (χ1v) is 12.5. The van der Waals surface area contributed by atoms with Gasteiger partial charge in [-0.25, -0.2) is 15.0 Å². The number of hydrogen-bond acceptors (Lipinski definition) is 9. The molecule has 0 radical (unpaired) electrons. The highest BCUT2D eigenvalue weighted by molar-refractivity contribution is 7.98. The van der Waals surface area contributed by atoms with E-state index in [0.29, 0.717) is 23.8 Å². The molecule has 1 aliphatic carbocycles. The first-order valence-electron chi connectivity index (χ1n) is 11.3. The lowest BCUT2D eigenvalue weighted by Crippen LogP contribution is -2.54. The topological polar surface area (TPSA) is 90.9 Å². The number of piperazine rings is 1. The molecule has 1 saturated heterocycles. The third-order valence-electron chi connectivity index (χ3n) is 5.93. The van der Waals surface area contributed by atoms with Crippen LogP contribution in [0, 0.1) is 5.92 Å². The molecule has 2 fully saturated rings. The van der Waals surface area contributed by atoms with Gasteiger partial charge in [-0.1, -0.05) is 12.1 Å². The van der Waals surface area contributed by atoms with Crippen LogP contribution in [0.3, 0.4) is 0 Å². The monoisotopic (exact) mass is 450 g/mol. The molecule has 9 heteroatoms. The minimum Gasteiger partial charge on any atom is -0.368 e. The lowest BCUT2D eigenvalue weighted by atomic mass is 10.1. The molecule has 168 valence electrons. The molecule has 2 aliphatic rings. The van der Waals surface area contributed by atoms with E-state index in [1.165, 1.54) is 12.8 Å². The maximum Gasteiger partial charge on any atom is 0.228 e. The first kappa shape index (κ1) is 21.2. The van der Waals surface area contributed by atoms with Crippen LogP contribution in [0.15, 0.2) is 35.5 Å². The average molecular weight is 451 g/mol. The fraction of sp³-hybridized carbons (Fsp3) is 0.478. The van der Waals surface area contributed by atoms with Crippen LogP contribution in [-0.2, 0) is 0 Å². The summed E-state index contributed by atoms with van der Waals surface area (Å²) in [4.78, 5) is 22.4. The minimum absolute atomic E-state index is 0.367. The lowest BCUT2D eigenvalue weighted by Gasteiger charge is -2.36. The van der Waals surface area contributed by atoms with Gasteiger partial charge >= 0.3 is 0 Å². The van der Waals surface area contributed by atoms with Gasteiger partial charge in [0.1, 0.15) is 17.4 Å². The van der Waals surface area contributed by atoms with Gasteiger partial charge in [0.15, 0.2) is 11.6 Å². The summed E-state index contributed by atoms with van der Waals surface area (Å²) in [6, 6.07) is 8.99. The molecule has 1 aliphatic heterocycles. The van der Waals surface area contributed by atoms with Crippen molar-refractivity contribution in [1.29, 1.82) is 0 Å². The summed E-state index contributed by atoms with van der Waals surface area (Å²) in [7, 11) is 0. The number of nitrogens with zero attached hydrogens (tertiary/aromatic N) is 5. The van der Waals surface area contributed by atoms with Gasteiger partial charge in [0.25, 0.3) is 0 Å². The van der Waals surface area contributed by atoms with Crippen LogP contribution in [0.2, 0.25) is 0 Å². The molecule has 8 nitrogen and oxygen atoms in total. The van der Waals surface area contributed by atoms with E-state index in [9.17, 15) is 0 Å². The van der Waals surface area contributed by atoms with Gasteiger partial charge in [0.05, 0.1) is 5.69 Å². The smallest absolute Gasteiger partial charge is 0.228 e. The first-order chi connectivity index (χ1) is 15.6. The van der Waals surface area contributed by atoms with E-state index < -0.39 is 0 Å². The molecule has 2 aromatic heterocycles. The minimum atomic E-state index is 0.367. The van der Waals surface area contributed by atoms with Crippen molar-refractivity contribution in [3.8, 4) is 0 Å². The van der Waals surface area contributed by atoms with Gasteiger partial charge < -0.3 is 20.9 Å². The molecule has 0 bridgehead atoms. The van der Waals surface area contributed by atoms with Crippen molar-refractivity contribution in [2.45, 2.75) is 43.7 Å². The van der Waals surface area contributed by atoms with Crippen LogP contribution >= 0.6 is 11.8 Å². The maximum atomic E-state index is 4.97. The van der Waals surface area contributed by atoms with Crippen molar-refractivity contribution < 1.29 is 0 Å². The molecule has 2 atom stereocenters. The van der Waals surface area contributed by atoms with E-state index in [-0.39, 0.29) is 0 Å². The Bertz CT molecular complexity index is 1090. The molecule has 3 heterocycles. The second kappa shape index (κ2) is 9.07. The lowest BCUT2D eigenvalue weighted by molar-refractivity contribution is 0.403. The SMILES string of the molecule is CSc1ccccc1Nc1nc(N2C[C@@H](C)N[C@@H](C)C2)nc2c(NCC3CC3)ncnc12. The van der Waals surface area contributed by atoms with Crippen LogP contribution in [0.4, 0.5) is 23.3 Å². The van der Waals surface area contributed by atoms with Crippen molar-refractivity contribution in [3.63, 3.8) is 0 Å². The number of aromatic nitrogens is 4. The molecule has 32 heavy (non-hydrogen) atoms. The molecular formula is C23H30N8S. The molecule has 0 unspecified atom stereocenters. The number of fused-ring (bicyclic) bond motifs is 1. The Kier molecular flexibility index (Phi) is 6.01. The van der Waals surface area contributed by atoms with Gasteiger partial charge in [0, 0.05) is 36.6 Å². The summed E-state index contributed by atoms with van der Waals surface area (Å²) in [5.41, 5.74) is 2.51. The second-order valence-corrected chi connectivity index (χ2v) is 9.66. The predicted molar refractivity (Wildman–Crippen MR) is 132 cm³/mol. The van der Waals surface area contributed by atoms with E-state index in [1.807, 2.05) is 12.1 Å². The number of para-hydroxylation sites is 1. The van der Waals surface area contributed by atoms with E-state index >= 15 is 0 Å². The number of hydrogen-bond donors (Lipinski definition) is 3.